The van der Waals surface area contributed by atoms with Crippen molar-refractivity contribution in [2.45, 2.75) is 31.6 Å². The van der Waals surface area contributed by atoms with Gasteiger partial charge in [0.15, 0.2) is 0 Å². The Morgan fingerprint density at radius 2 is 1.15 bits per heavy atom. The first kappa shape index (κ1) is 39.2. The Morgan fingerprint density at radius 3 is 2.01 bits per heavy atom. The maximum Gasteiger partial charge on any atom is 0.136 e. The molecule has 0 aliphatic heterocycles. The van der Waals surface area contributed by atoms with Crippen molar-refractivity contribution in [1.82, 2.24) is 0 Å². The number of anilines is 3. The minimum atomic E-state index is 0.552. The number of hydrogen-bond donors (Lipinski definition) is 0. The summed E-state index contributed by atoms with van der Waals surface area (Å²) < 4.78 is 8.86. The molecule has 3 heteroatoms. The third kappa shape index (κ3) is 6.37. The molecule has 0 saturated carbocycles. The van der Waals surface area contributed by atoms with Crippen molar-refractivity contribution in [1.29, 1.82) is 0 Å². The number of hydrogen-bond acceptors (Lipinski definition) is 3. The largest absolute Gasteiger partial charge is 0.456 e. The molecule has 322 valence electrons. The number of para-hydroxylation sites is 1. The Kier molecular flexibility index (Phi) is 9.13. The average Bonchev–Trinajstić information content (AvgIpc) is 3.89. The Morgan fingerprint density at radius 1 is 0.485 bits per heavy atom. The van der Waals surface area contributed by atoms with E-state index in [1.807, 2.05) is 17.4 Å². The molecule has 0 amide bonds. The fraction of sp³-hybridized carbons (Fsp3) is 0.0769. The van der Waals surface area contributed by atoms with Gasteiger partial charge in [-0.2, -0.15) is 0 Å². The van der Waals surface area contributed by atoms with Gasteiger partial charge in [-0.3, -0.25) is 0 Å². The maximum absolute atomic E-state index is 6.28. The number of allylic oxidation sites excluding steroid dienone is 6. The van der Waals surface area contributed by atoms with E-state index in [1.165, 1.54) is 87.8 Å². The van der Waals surface area contributed by atoms with Gasteiger partial charge in [0.2, 0.25) is 0 Å². The van der Waals surface area contributed by atoms with Crippen LogP contribution in [0.3, 0.4) is 0 Å². The highest BCUT2D eigenvalue weighted by Gasteiger charge is 2.32. The van der Waals surface area contributed by atoms with Crippen LogP contribution < -0.4 is 4.90 Å². The van der Waals surface area contributed by atoms with Gasteiger partial charge in [-0.05, 0) is 159 Å². The van der Waals surface area contributed by atoms with Crippen LogP contribution in [-0.4, -0.2) is 0 Å². The monoisotopic (exact) mass is 887 g/mol. The lowest BCUT2D eigenvalue weighted by Gasteiger charge is -2.34. The zero-order valence-electron chi connectivity index (χ0n) is 37.5. The molecule has 0 N–H and O–H groups in total. The van der Waals surface area contributed by atoms with Crippen LogP contribution in [0.5, 0.6) is 0 Å². The number of fused-ring (bicyclic) bond motifs is 12. The summed E-state index contributed by atoms with van der Waals surface area (Å²) in [6, 6.07) is 73.8. The van der Waals surface area contributed by atoms with Crippen molar-refractivity contribution >= 4 is 81.7 Å². The predicted octanol–water partition coefficient (Wildman–Crippen LogP) is 18.7. The fourth-order valence-corrected chi connectivity index (χ4v) is 12.9. The van der Waals surface area contributed by atoms with Crippen molar-refractivity contribution < 1.29 is 4.42 Å². The zero-order chi connectivity index (χ0) is 44.7. The average molecular weight is 888 g/mol. The van der Waals surface area contributed by atoms with Gasteiger partial charge in [-0.15, -0.1) is 11.3 Å². The molecule has 0 saturated heterocycles. The molecule has 0 spiro atoms. The summed E-state index contributed by atoms with van der Waals surface area (Å²) in [6.45, 7) is 0. The van der Waals surface area contributed by atoms with Crippen molar-refractivity contribution in [2.24, 2.45) is 0 Å². The lowest BCUT2D eigenvalue weighted by Crippen LogP contribution is -2.16. The smallest absolute Gasteiger partial charge is 0.136 e. The molecule has 2 aromatic heterocycles. The molecule has 2 heterocycles. The van der Waals surface area contributed by atoms with Crippen molar-refractivity contribution in [2.75, 3.05) is 4.90 Å². The molecule has 3 aliphatic rings. The van der Waals surface area contributed by atoms with E-state index in [4.69, 9.17) is 4.42 Å². The molecule has 0 radical (unpaired) electrons. The van der Waals surface area contributed by atoms with Crippen LogP contribution in [0.25, 0.3) is 86.6 Å². The van der Waals surface area contributed by atoms with Crippen molar-refractivity contribution in [3.8, 4) is 33.4 Å². The highest BCUT2D eigenvalue weighted by atomic mass is 32.1. The fourth-order valence-electron chi connectivity index (χ4n) is 11.7. The Hall–Kier alpha value is -7.98. The van der Waals surface area contributed by atoms with Gasteiger partial charge in [0.05, 0.1) is 0 Å². The van der Waals surface area contributed by atoms with E-state index < -0.39 is 0 Å². The first-order chi connectivity index (χ1) is 33.7. The van der Waals surface area contributed by atoms with Crippen LogP contribution in [0.4, 0.5) is 17.1 Å². The number of furan rings is 1. The summed E-state index contributed by atoms with van der Waals surface area (Å²) in [7, 11) is 0. The minimum absolute atomic E-state index is 0.552. The third-order valence-electron chi connectivity index (χ3n) is 14.9. The Bertz CT molecular complexity index is 3900. The van der Waals surface area contributed by atoms with Crippen LogP contribution in [0.1, 0.15) is 47.4 Å². The van der Waals surface area contributed by atoms with Gasteiger partial charge in [-0.1, -0.05) is 164 Å². The lowest BCUT2D eigenvalue weighted by atomic mass is 9.70. The van der Waals surface area contributed by atoms with E-state index in [-0.39, 0.29) is 0 Å². The molecule has 2 bridgehead atoms. The Labute approximate surface area is 400 Å². The second-order valence-electron chi connectivity index (χ2n) is 18.6. The van der Waals surface area contributed by atoms with Crippen LogP contribution >= 0.6 is 11.3 Å². The number of aryl methyl sites for hydroxylation is 1. The van der Waals surface area contributed by atoms with E-state index in [0.29, 0.717) is 5.92 Å². The first-order valence-corrected chi connectivity index (χ1v) is 24.8. The molecule has 3 aliphatic carbocycles. The maximum atomic E-state index is 6.28. The molecular weight excluding hydrogens is 843 g/mol. The molecule has 1 atom stereocenters. The second-order valence-corrected chi connectivity index (χ2v) is 19.7. The van der Waals surface area contributed by atoms with E-state index in [2.05, 4.69) is 217 Å². The normalized spacial score (nSPS) is 15.2. The molecule has 1 unspecified atom stereocenters. The summed E-state index contributed by atoms with van der Waals surface area (Å²) in [5.74, 6) is 0.552. The van der Waals surface area contributed by atoms with Gasteiger partial charge >= 0.3 is 0 Å². The van der Waals surface area contributed by atoms with Gasteiger partial charge in [0.25, 0.3) is 0 Å². The zero-order valence-corrected chi connectivity index (χ0v) is 38.3. The topological polar surface area (TPSA) is 16.4 Å². The van der Waals surface area contributed by atoms with Crippen molar-refractivity contribution in [3.63, 3.8) is 0 Å². The summed E-state index contributed by atoms with van der Waals surface area (Å²) in [5, 5.41) is 4.88. The number of thiophene rings is 1. The van der Waals surface area contributed by atoms with Crippen LogP contribution in [0, 0.1) is 0 Å². The second kappa shape index (κ2) is 15.8. The van der Waals surface area contributed by atoms with Crippen LogP contribution in [0.2, 0.25) is 0 Å². The first-order valence-electron chi connectivity index (χ1n) is 23.9. The van der Waals surface area contributed by atoms with Gasteiger partial charge in [0, 0.05) is 48.0 Å². The SMILES string of the molecule is C1=CCC2=C3CC(CCc4cccc(-c5ccc6c(c5)sc5cc(N(c7ccc(-c8ccccc8)cc7)c7ccc(-c8cccc9oc%10ccccc%10c89)cc7)ccc56)c4C3=C1)c1ccccc12. The lowest BCUT2D eigenvalue weighted by molar-refractivity contribution is 0.611. The minimum Gasteiger partial charge on any atom is -0.456 e. The molecule has 0 fully saturated rings. The van der Waals surface area contributed by atoms with Gasteiger partial charge in [0.1, 0.15) is 11.2 Å². The van der Waals surface area contributed by atoms with Crippen LogP contribution in [0.15, 0.2) is 228 Å². The van der Waals surface area contributed by atoms with Gasteiger partial charge in [-0.25, -0.2) is 0 Å². The number of rotatable bonds is 6. The molecule has 2 nitrogen and oxygen atoms in total. The van der Waals surface area contributed by atoms with Gasteiger partial charge < -0.3 is 9.32 Å². The highest BCUT2D eigenvalue weighted by molar-refractivity contribution is 7.25. The molecule has 68 heavy (non-hydrogen) atoms. The summed E-state index contributed by atoms with van der Waals surface area (Å²) >= 11 is 1.90. The van der Waals surface area contributed by atoms with Crippen molar-refractivity contribution in [3.05, 3.63) is 246 Å². The van der Waals surface area contributed by atoms with E-state index in [1.54, 1.807) is 5.57 Å². The molecule has 9 aromatic carbocycles. The molecule has 11 aromatic rings. The summed E-state index contributed by atoms with van der Waals surface area (Å²) in [6.07, 6.45) is 11.4. The summed E-state index contributed by atoms with van der Waals surface area (Å²) in [4.78, 5) is 2.40. The van der Waals surface area contributed by atoms with E-state index in [0.717, 1.165) is 63.8 Å². The Balaban J connectivity index is 0.868. The number of nitrogens with zero attached hydrogens (tertiary/aromatic N) is 1. The quantitative estimate of drug-likeness (QED) is 0.165. The molecular formula is C65H45NOS. The summed E-state index contributed by atoms with van der Waals surface area (Å²) in [5.41, 5.74) is 22.8. The molecule has 14 rings (SSSR count). The standard InChI is InChI=1S/C65H45NOS/c1-2-12-41(13-3-1)42-26-31-47(32-27-42)66(48-33-28-43(29-34-48)51-21-11-23-61-65(51)58-19-8-9-22-60(58)67-61)49-35-37-56-55-36-30-46(39-62(55)68-63(56)40-49)52-20-10-14-44-24-25-45-38-59-54(53-16-5-4-15-50(45)53)17-6-7-18-57(59)64(44)52/h1-16,18-23,26-37,39-40,45H,17,24-25,38H2. The number of benzene rings is 9. The third-order valence-corrected chi connectivity index (χ3v) is 16.0. The predicted molar refractivity (Wildman–Crippen MR) is 288 cm³/mol. The van der Waals surface area contributed by atoms with Crippen LogP contribution in [-0.2, 0) is 6.42 Å². The highest BCUT2D eigenvalue weighted by Crippen LogP contribution is 2.52. The van der Waals surface area contributed by atoms with E-state index >= 15 is 0 Å². The van der Waals surface area contributed by atoms with E-state index in [9.17, 15) is 0 Å².